The van der Waals surface area contributed by atoms with Crippen LogP contribution in [0.25, 0.3) is 0 Å². The summed E-state index contributed by atoms with van der Waals surface area (Å²) in [6.45, 7) is 0.502. The highest BCUT2D eigenvalue weighted by molar-refractivity contribution is 7.92. The van der Waals surface area contributed by atoms with E-state index in [1.165, 1.54) is 23.6 Å². The first-order valence-electron chi connectivity index (χ1n) is 11.0. The number of aryl methyl sites for hydroxylation is 2. The molecule has 1 aliphatic heterocycles. The average Bonchev–Trinajstić information content (AvgIpc) is 2.78. The Hall–Kier alpha value is -2.34. The summed E-state index contributed by atoms with van der Waals surface area (Å²) < 4.78 is 27.9. The van der Waals surface area contributed by atoms with Crippen LogP contribution in [0.2, 0.25) is 0 Å². The van der Waals surface area contributed by atoms with Gasteiger partial charge in [0.05, 0.1) is 10.6 Å². The van der Waals surface area contributed by atoms with Crippen LogP contribution >= 0.6 is 0 Å². The molecule has 160 valence electrons. The van der Waals surface area contributed by atoms with E-state index in [0.717, 1.165) is 42.5 Å². The lowest BCUT2D eigenvalue weighted by atomic mass is 9.95. The number of rotatable bonds is 6. The van der Waals surface area contributed by atoms with Gasteiger partial charge in [-0.2, -0.15) is 0 Å². The first-order chi connectivity index (χ1) is 14.5. The van der Waals surface area contributed by atoms with E-state index in [4.69, 9.17) is 0 Å². The molecule has 1 fully saturated rings. The Kier molecular flexibility index (Phi) is 6.42. The normalized spacial score (nSPS) is 17.4. The lowest BCUT2D eigenvalue weighted by Crippen LogP contribution is -2.36. The summed E-state index contributed by atoms with van der Waals surface area (Å²) in [4.78, 5) is 12.5. The van der Waals surface area contributed by atoms with Crippen molar-refractivity contribution in [2.75, 3.05) is 10.8 Å². The molecule has 0 spiro atoms. The number of hydrogen-bond acceptors (Lipinski definition) is 3. The highest BCUT2D eigenvalue weighted by Crippen LogP contribution is 2.31. The number of nitrogens with one attached hydrogen (secondary N) is 1. The molecule has 0 radical (unpaired) electrons. The summed E-state index contributed by atoms with van der Waals surface area (Å²) in [6.07, 6.45) is 8.60. The Bertz CT molecular complexity index is 980. The van der Waals surface area contributed by atoms with E-state index in [2.05, 4.69) is 5.32 Å². The molecule has 0 unspecified atom stereocenters. The van der Waals surface area contributed by atoms with Gasteiger partial charge in [-0.3, -0.25) is 9.10 Å². The topological polar surface area (TPSA) is 66.5 Å². The molecule has 1 N–H and O–H groups in total. The summed E-state index contributed by atoms with van der Waals surface area (Å²) in [7, 11) is -3.59. The number of sulfonamides is 1. The van der Waals surface area contributed by atoms with Gasteiger partial charge in [-0.25, -0.2) is 8.42 Å². The number of carbonyl (C=O) groups is 1. The highest BCUT2D eigenvalue weighted by Gasteiger charge is 2.28. The number of nitrogens with zero attached hydrogens (tertiary/aromatic N) is 1. The zero-order chi connectivity index (χ0) is 21.0. The first kappa shape index (κ1) is 20.9. The number of benzene rings is 2. The summed E-state index contributed by atoms with van der Waals surface area (Å²) >= 11 is 0. The second-order valence-electron chi connectivity index (χ2n) is 8.36. The minimum absolute atomic E-state index is 0.0866. The third-order valence-corrected chi connectivity index (χ3v) is 8.02. The molecule has 0 saturated heterocycles. The number of fused-ring (bicyclic) bond motifs is 1. The molecule has 1 amide bonds. The molecule has 2 aromatic carbocycles. The van der Waals surface area contributed by atoms with Crippen molar-refractivity contribution in [2.45, 2.75) is 68.7 Å². The van der Waals surface area contributed by atoms with E-state index >= 15 is 0 Å². The quantitative estimate of drug-likeness (QED) is 0.752. The number of hydrogen-bond donors (Lipinski definition) is 1. The van der Waals surface area contributed by atoms with Crippen molar-refractivity contribution in [3.05, 3.63) is 59.7 Å². The Morgan fingerprint density at radius 3 is 2.47 bits per heavy atom. The second kappa shape index (κ2) is 9.21. The summed E-state index contributed by atoms with van der Waals surface area (Å²) in [6, 6.07) is 15.0. The van der Waals surface area contributed by atoms with Gasteiger partial charge in [0, 0.05) is 19.0 Å². The van der Waals surface area contributed by atoms with Crippen LogP contribution in [-0.2, 0) is 27.7 Å². The molecule has 6 heteroatoms. The number of para-hydroxylation sites is 1. The predicted octanol–water partition coefficient (Wildman–Crippen LogP) is 4.21. The van der Waals surface area contributed by atoms with Crippen LogP contribution in [0.1, 0.15) is 56.1 Å². The van der Waals surface area contributed by atoms with E-state index < -0.39 is 10.0 Å². The SMILES string of the molecule is O=C(CCc1ccc(S(=O)(=O)N2CCCc3ccccc32)cc1)NC1CCCCC1. The van der Waals surface area contributed by atoms with Crippen molar-refractivity contribution in [1.29, 1.82) is 0 Å². The fourth-order valence-corrected chi connectivity index (χ4v) is 6.05. The average molecular weight is 427 g/mol. The Labute approximate surface area is 179 Å². The van der Waals surface area contributed by atoms with Crippen LogP contribution in [0.3, 0.4) is 0 Å². The van der Waals surface area contributed by atoms with Crippen LogP contribution in [0.4, 0.5) is 5.69 Å². The Balaban J connectivity index is 1.39. The highest BCUT2D eigenvalue weighted by atomic mass is 32.2. The van der Waals surface area contributed by atoms with Crippen LogP contribution in [0.5, 0.6) is 0 Å². The number of amides is 1. The summed E-state index contributed by atoms with van der Waals surface area (Å²) in [5, 5.41) is 3.14. The van der Waals surface area contributed by atoms with E-state index in [-0.39, 0.29) is 5.91 Å². The molecule has 5 nitrogen and oxygen atoms in total. The number of anilines is 1. The van der Waals surface area contributed by atoms with Gasteiger partial charge in [-0.15, -0.1) is 0 Å². The predicted molar refractivity (Wildman–Crippen MR) is 119 cm³/mol. The molecular formula is C24H30N2O3S. The van der Waals surface area contributed by atoms with E-state index in [1.807, 2.05) is 36.4 Å². The fraction of sp³-hybridized carbons (Fsp3) is 0.458. The molecule has 2 aliphatic rings. The van der Waals surface area contributed by atoms with E-state index in [9.17, 15) is 13.2 Å². The maximum atomic E-state index is 13.2. The maximum Gasteiger partial charge on any atom is 0.264 e. The van der Waals surface area contributed by atoms with E-state index in [1.54, 1.807) is 12.1 Å². The van der Waals surface area contributed by atoms with Gasteiger partial charge in [0.25, 0.3) is 10.0 Å². The largest absolute Gasteiger partial charge is 0.353 e. The van der Waals surface area contributed by atoms with Crippen LogP contribution in [-0.4, -0.2) is 26.9 Å². The second-order valence-corrected chi connectivity index (χ2v) is 10.2. The zero-order valence-corrected chi connectivity index (χ0v) is 18.2. The first-order valence-corrected chi connectivity index (χ1v) is 12.5. The third-order valence-electron chi connectivity index (χ3n) is 6.19. The van der Waals surface area contributed by atoms with E-state index in [0.29, 0.717) is 30.3 Å². The number of carbonyl (C=O) groups excluding carboxylic acids is 1. The van der Waals surface area contributed by atoms with Gasteiger partial charge in [0.2, 0.25) is 5.91 Å². The summed E-state index contributed by atoms with van der Waals surface area (Å²) in [5.41, 5.74) is 2.84. The van der Waals surface area contributed by atoms with Crippen molar-refractivity contribution in [1.82, 2.24) is 5.32 Å². The molecule has 0 aromatic heterocycles. The van der Waals surface area contributed by atoms with Gasteiger partial charge in [-0.1, -0.05) is 49.6 Å². The molecule has 2 aromatic rings. The van der Waals surface area contributed by atoms with Crippen molar-refractivity contribution in [3.63, 3.8) is 0 Å². The molecule has 1 saturated carbocycles. The Morgan fingerprint density at radius 1 is 0.967 bits per heavy atom. The van der Waals surface area contributed by atoms with Gasteiger partial charge >= 0.3 is 0 Å². The smallest absolute Gasteiger partial charge is 0.264 e. The lowest BCUT2D eigenvalue weighted by molar-refractivity contribution is -0.121. The van der Waals surface area contributed by atoms with Gasteiger partial charge in [0.1, 0.15) is 0 Å². The molecule has 4 rings (SSSR count). The Morgan fingerprint density at radius 2 is 1.70 bits per heavy atom. The van der Waals surface area contributed by atoms with Crippen molar-refractivity contribution in [2.24, 2.45) is 0 Å². The van der Waals surface area contributed by atoms with Crippen molar-refractivity contribution >= 4 is 21.6 Å². The standard InChI is InChI=1S/C24H30N2O3S/c27-24(25-21-9-2-1-3-10-21)17-14-19-12-15-22(16-13-19)30(28,29)26-18-6-8-20-7-4-5-11-23(20)26/h4-5,7,11-13,15-16,21H,1-3,6,8-10,14,17-18H2,(H,25,27). The van der Waals surface area contributed by atoms with Crippen LogP contribution < -0.4 is 9.62 Å². The monoisotopic (exact) mass is 426 g/mol. The minimum atomic E-state index is -3.59. The minimum Gasteiger partial charge on any atom is -0.353 e. The lowest BCUT2D eigenvalue weighted by Gasteiger charge is -2.30. The van der Waals surface area contributed by atoms with Gasteiger partial charge in [0.15, 0.2) is 0 Å². The van der Waals surface area contributed by atoms with Crippen LogP contribution in [0, 0.1) is 0 Å². The van der Waals surface area contributed by atoms with Crippen LogP contribution in [0.15, 0.2) is 53.4 Å². The van der Waals surface area contributed by atoms with Crippen molar-refractivity contribution in [3.8, 4) is 0 Å². The molecule has 0 atom stereocenters. The molecular weight excluding hydrogens is 396 g/mol. The molecule has 30 heavy (non-hydrogen) atoms. The molecule has 1 heterocycles. The van der Waals surface area contributed by atoms with Gasteiger partial charge < -0.3 is 5.32 Å². The van der Waals surface area contributed by atoms with Gasteiger partial charge in [-0.05, 0) is 61.4 Å². The van der Waals surface area contributed by atoms with Crippen molar-refractivity contribution < 1.29 is 13.2 Å². The molecule has 0 bridgehead atoms. The molecule has 1 aliphatic carbocycles. The third kappa shape index (κ3) is 4.69. The summed E-state index contributed by atoms with van der Waals surface area (Å²) in [5.74, 6) is 0.0866. The zero-order valence-electron chi connectivity index (χ0n) is 17.3. The maximum absolute atomic E-state index is 13.2. The fourth-order valence-electron chi connectivity index (χ4n) is 4.51.